The lowest BCUT2D eigenvalue weighted by Crippen LogP contribution is -2.15. The second-order valence-corrected chi connectivity index (χ2v) is 7.59. The van der Waals surface area contributed by atoms with E-state index in [2.05, 4.69) is 11.6 Å². The summed E-state index contributed by atoms with van der Waals surface area (Å²) in [5.74, 6) is 0.560. The van der Waals surface area contributed by atoms with E-state index >= 15 is 0 Å². The highest BCUT2D eigenvalue weighted by Gasteiger charge is 2.13. The molecule has 7 nitrogen and oxygen atoms in total. The quantitative estimate of drug-likeness (QED) is 0.332. The van der Waals surface area contributed by atoms with Crippen molar-refractivity contribution >= 4 is 39.5 Å². The Hall–Kier alpha value is -3.65. The predicted molar refractivity (Wildman–Crippen MR) is 118 cm³/mol. The predicted octanol–water partition coefficient (Wildman–Crippen LogP) is 3.93. The molecule has 1 aliphatic heterocycles. The molecule has 3 aromatic rings. The van der Waals surface area contributed by atoms with Gasteiger partial charge in [-0.2, -0.15) is 4.99 Å². The summed E-state index contributed by atoms with van der Waals surface area (Å²) in [6.07, 6.45) is 4.82. The lowest BCUT2D eigenvalue weighted by molar-refractivity contribution is -0.113. The van der Waals surface area contributed by atoms with Gasteiger partial charge in [-0.1, -0.05) is 23.5 Å². The Morgan fingerprint density at radius 1 is 1.23 bits per heavy atom. The molecule has 0 spiro atoms. The number of benzene rings is 2. The van der Waals surface area contributed by atoms with Crippen LogP contribution in [0.15, 0.2) is 60.1 Å². The number of fused-ring (bicyclic) bond motifs is 2. The van der Waals surface area contributed by atoms with Crippen LogP contribution in [0.2, 0.25) is 0 Å². The molecule has 2 heterocycles. The summed E-state index contributed by atoms with van der Waals surface area (Å²) < 4.78 is 18.4. The maximum atomic E-state index is 12.5. The third kappa shape index (κ3) is 4.44. The van der Waals surface area contributed by atoms with E-state index in [0.717, 1.165) is 15.8 Å². The topological polar surface area (TPSA) is 79.1 Å². The number of esters is 1. The molecule has 158 valence electrons. The highest BCUT2D eigenvalue weighted by molar-refractivity contribution is 7.16. The van der Waals surface area contributed by atoms with Crippen molar-refractivity contribution in [3.05, 3.63) is 71.1 Å². The number of nitrogens with zero attached hydrogens (tertiary/aromatic N) is 2. The van der Waals surface area contributed by atoms with Crippen molar-refractivity contribution in [1.82, 2.24) is 4.57 Å². The van der Waals surface area contributed by atoms with Gasteiger partial charge < -0.3 is 18.8 Å². The summed E-state index contributed by atoms with van der Waals surface area (Å²) in [5, 5.41) is 0. The molecule has 2 aromatic carbocycles. The SMILES string of the molecule is C=CCn1c(=NC(=O)C=Cc2ccc3c(c2)OCO3)sc2cc(C(=O)OCC)ccc21. The lowest BCUT2D eigenvalue weighted by Gasteiger charge is -2.03. The molecule has 0 unspecified atom stereocenters. The molecule has 0 atom stereocenters. The maximum absolute atomic E-state index is 12.5. The minimum absolute atomic E-state index is 0.198. The van der Waals surface area contributed by atoms with Gasteiger partial charge in [-0.05, 0) is 48.9 Å². The maximum Gasteiger partial charge on any atom is 0.338 e. The molecule has 1 aliphatic rings. The van der Waals surface area contributed by atoms with Gasteiger partial charge in [-0.15, -0.1) is 6.58 Å². The highest BCUT2D eigenvalue weighted by Crippen LogP contribution is 2.32. The van der Waals surface area contributed by atoms with Gasteiger partial charge in [0.1, 0.15) is 0 Å². The van der Waals surface area contributed by atoms with Crippen LogP contribution in [0.3, 0.4) is 0 Å². The third-order valence-corrected chi connectivity index (χ3v) is 5.57. The molecule has 31 heavy (non-hydrogen) atoms. The minimum atomic E-state index is -0.396. The molecule has 0 bridgehead atoms. The molecule has 0 saturated carbocycles. The minimum Gasteiger partial charge on any atom is -0.462 e. The number of amides is 1. The molecule has 0 saturated heterocycles. The van der Waals surface area contributed by atoms with E-state index in [9.17, 15) is 9.59 Å². The molecule has 0 radical (unpaired) electrons. The average Bonchev–Trinajstić information content (AvgIpc) is 3.36. The van der Waals surface area contributed by atoms with Crippen molar-refractivity contribution in [3.8, 4) is 11.5 Å². The molecule has 1 aromatic heterocycles. The van der Waals surface area contributed by atoms with Crippen LogP contribution in [0.1, 0.15) is 22.8 Å². The first-order valence-electron chi connectivity index (χ1n) is 9.67. The van der Waals surface area contributed by atoms with Crippen LogP contribution in [0, 0.1) is 0 Å². The van der Waals surface area contributed by atoms with Gasteiger partial charge in [0.25, 0.3) is 5.91 Å². The van der Waals surface area contributed by atoms with Crippen LogP contribution in [-0.4, -0.2) is 29.8 Å². The standard InChI is InChI=1S/C23H20N2O5S/c1-3-11-25-17-8-7-16(22(27)28-4-2)13-20(17)31-23(25)24-21(26)10-6-15-5-9-18-19(12-15)30-14-29-18/h3,5-10,12-13H,1,4,11,14H2,2H3. The molecule has 0 fully saturated rings. The first kappa shape index (κ1) is 20.6. The summed E-state index contributed by atoms with van der Waals surface area (Å²) in [4.78, 5) is 29.3. The van der Waals surface area contributed by atoms with E-state index < -0.39 is 5.91 Å². The molecule has 1 amide bonds. The highest BCUT2D eigenvalue weighted by atomic mass is 32.1. The fourth-order valence-corrected chi connectivity index (χ4v) is 4.21. The molecule has 0 aliphatic carbocycles. The van der Waals surface area contributed by atoms with Gasteiger partial charge >= 0.3 is 5.97 Å². The Kier molecular flexibility index (Phi) is 5.99. The Balaban J connectivity index is 1.64. The van der Waals surface area contributed by atoms with Crippen LogP contribution >= 0.6 is 11.3 Å². The van der Waals surface area contributed by atoms with Crippen molar-refractivity contribution in [1.29, 1.82) is 0 Å². The lowest BCUT2D eigenvalue weighted by atomic mass is 10.2. The monoisotopic (exact) mass is 436 g/mol. The van der Waals surface area contributed by atoms with Gasteiger partial charge in [-0.3, -0.25) is 4.79 Å². The zero-order valence-electron chi connectivity index (χ0n) is 16.9. The van der Waals surface area contributed by atoms with Crippen LogP contribution < -0.4 is 14.3 Å². The Bertz CT molecular complexity index is 1270. The first-order valence-corrected chi connectivity index (χ1v) is 10.5. The van der Waals surface area contributed by atoms with Gasteiger partial charge in [0.05, 0.1) is 22.4 Å². The number of thiazole rings is 1. The smallest absolute Gasteiger partial charge is 0.338 e. The first-order chi connectivity index (χ1) is 15.1. The number of carbonyl (C=O) groups is 2. The van der Waals surface area contributed by atoms with Crippen molar-refractivity contribution in [2.45, 2.75) is 13.5 Å². The average molecular weight is 436 g/mol. The number of carbonyl (C=O) groups excluding carboxylic acids is 2. The number of allylic oxidation sites excluding steroid dienone is 1. The van der Waals surface area contributed by atoms with Crippen LogP contribution in [-0.2, 0) is 16.1 Å². The van der Waals surface area contributed by atoms with E-state index in [0.29, 0.717) is 35.0 Å². The molecule has 8 heteroatoms. The number of hydrogen-bond donors (Lipinski definition) is 0. The summed E-state index contributed by atoms with van der Waals surface area (Å²) >= 11 is 1.33. The number of rotatable bonds is 6. The van der Waals surface area contributed by atoms with E-state index in [1.165, 1.54) is 17.4 Å². The fourth-order valence-electron chi connectivity index (χ4n) is 3.12. The Morgan fingerprint density at radius 2 is 2.06 bits per heavy atom. The van der Waals surface area contributed by atoms with Crippen molar-refractivity contribution in [3.63, 3.8) is 0 Å². The fraction of sp³-hybridized carbons (Fsp3) is 0.174. The molecular formula is C23H20N2O5S. The summed E-state index contributed by atoms with van der Waals surface area (Å²) in [5.41, 5.74) is 2.13. The number of aromatic nitrogens is 1. The van der Waals surface area contributed by atoms with Crippen LogP contribution in [0.5, 0.6) is 11.5 Å². The summed E-state index contributed by atoms with van der Waals surface area (Å²) in [7, 11) is 0. The summed E-state index contributed by atoms with van der Waals surface area (Å²) in [6.45, 7) is 6.54. The van der Waals surface area contributed by atoms with Gasteiger partial charge in [0, 0.05) is 12.6 Å². The normalized spacial score (nSPS) is 13.1. The summed E-state index contributed by atoms with van der Waals surface area (Å²) in [6, 6.07) is 10.7. The van der Waals surface area contributed by atoms with Gasteiger partial charge in [-0.25, -0.2) is 4.79 Å². The van der Waals surface area contributed by atoms with Crippen LogP contribution in [0.4, 0.5) is 0 Å². The molecular weight excluding hydrogens is 416 g/mol. The van der Waals surface area contributed by atoms with Crippen LogP contribution in [0.25, 0.3) is 16.3 Å². The van der Waals surface area contributed by atoms with Crippen molar-refractivity contribution in [2.75, 3.05) is 13.4 Å². The van der Waals surface area contributed by atoms with Crippen molar-refractivity contribution in [2.24, 2.45) is 4.99 Å². The van der Waals surface area contributed by atoms with E-state index in [-0.39, 0.29) is 12.8 Å². The second kappa shape index (κ2) is 9.01. The molecule has 0 N–H and O–H groups in total. The van der Waals surface area contributed by atoms with Crippen molar-refractivity contribution < 1.29 is 23.8 Å². The Labute approximate surface area is 182 Å². The zero-order valence-corrected chi connectivity index (χ0v) is 17.7. The third-order valence-electron chi connectivity index (χ3n) is 4.53. The Morgan fingerprint density at radius 3 is 2.87 bits per heavy atom. The van der Waals surface area contributed by atoms with Gasteiger partial charge in [0.15, 0.2) is 16.3 Å². The van der Waals surface area contributed by atoms with E-state index in [1.807, 2.05) is 16.7 Å². The number of ether oxygens (including phenoxy) is 3. The zero-order chi connectivity index (χ0) is 21.8. The number of hydrogen-bond acceptors (Lipinski definition) is 6. The van der Waals surface area contributed by atoms with E-state index in [1.54, 1.807) is 43.3 Å². The molecule has 4 rings (SSSR count). The second-order valence-electron chi connectivity index (χ2n) is 6.58. The largest absolute Gasteiger partial charge is 0.462 e. The van der Waals surface area contributed by atoms with E-state index in [4.69, 9.17) is 14.2 Å². The van der Waals surface area contributed by atoms with Gasteiger partial charge in [0.2, 0.25) is 6.79 Å².